The Bertz CT molecular complexity index is 747. The molecule has 0 aromatic rings. The van der Waals surface area contributed by atoms with Crippen LogP contribution in [0, 0.1) is 0 Å². The summed E-state index contributed by atoms with van der Waals surface area (Å²) in [6.07, 6.45) is 0.533. The second kappa shape index (κ2) is 11.1. The minimum absolute atomic E-state index is 0.0227. The van der Waals surface area contributed by atoms with Crippen LogP contribution in [0.4, 0.5) is 22.8 Å². The third-order valence-electron chi connectivity index (χ3n) is 6.93. The Balaban J connectivity index is 0.00000158. The lowest BCUT2D eigenvalue weighted by Crippen LogP contribution is -2.56. The van der Waals surface area contributed by atoms with Crippen LogP contribution in [0.1, 0.15) is 52.9 Å². The van der Waals surface area contributed by atoms with Gasteiger partial charge in [0.25, 0.3) is 5.91 Å². The number of halogens is 3. The highest BCUT2D eigenvalue weighted by molar-refractivity contribution is 6.04. The van der Waals surface area contributed by atoms with Crippen LogP contribution >= 0.6 is 0 Å². The molecule has 2 unspecified atom stereocenters. The molecule has 0 spiro atoms. The summed E-state index contributed by atoms with van der Waals surface area (Å²) in [5.74, 6) is -0.563. The van der Waals surface area contributed by atoms with E-state index in [1.807, 2.05) is 13.8 Å². The van der Waals surface area contributed by atoms with Gasteiger partial charge < -0.3 is 14.6 Å². The summed E-state index contributed by atoms with van der Waals surface area (Å²) < 4.78 is 37.9. The highest BCUT2D eigenvalue weighted by atomic mass is 19.4. The van der Waals surface area contributed by atoms with Crippen molar-refractivity contribution in [3.8, 4) is 0 Å². The van der Waals surface area contributed by atoms with Crippen molar-refractivity contribution < 1.29 is 32.4 Å². The molecule has 34 heavy (non-hydrogen) atoms. The van der Waals surface area contributed by atoms with E-state index in [4.69, 9.17) is 4.84 Å². The Morgan fingerprint density at radius 1 is 1.00 bits per heavy atom. The molecule has 4 amide bonds. The summed E-state index contributed by atoms with van der Waals surface area (Å²) in [5.41, 5.74) is 0. The molecule has 0 bridgehead atoms. The summed E-state index contributed by atoms with van der Waals surface area (Å²) in [6.45, 7) is 6.16. The zero-order valence-electron chi connectivity index (χ0n) is 20.2. The third-order valence-corrected chi connectivity index (χ3v) is 6.93. The number of amides is 4. The van der Waals surface area contributed by atoms with Crippen LogP contribution in [0.25, 0.3) is 0 Å². The molecular formula is C22H36F3N5O4. The van der Waals surface area contributed by atoms with Crippen LogP contribution in [0.15, 0.2) is 0 Å². The van der Waals surface area contributed by atoms with Crippen LogP contribution in [0.5, 0.6) is 0 Å². The number of piperazine rings is 2. The van der Waals surface area contributed by atoms with Crippen molar-refractivity contribution in [3.05, 3.63) is 0 Å². The quantitative estimate of drug-likeness (QED) is 0.565. The number of nitrogens with zero attached hydrogens (tertiary/aromatic N) is 5. The normalized spacial score (nSPS) is 27.4. The summed E-state index contributed by atoms with van der Waals surface area (Å²) in [7, 11) is 0. The van der Waals surface area contributed by atoms with Gasteiger partial charge in [0, 0.05) is 51.4 Å². The van der Waals surface area contributed by atoms with Crippen LogP contribution in [0.2, 0.25) is 0 Å². The monoisotopic (exact) mass is 491 g/mol. The predicted molar refractivity (Wildman–Crippen MR) is 118 cm³/mol. The zero-order valence-corrected chi connectivity index (χ0v) is 20.2. The SMILES string of the molecule is CC.CC1CN(CC(F)(F)F)CCN1C(=O)ON1C(=O)C2CN(C3CCCCC3)CCN2C1=O. The molecule has 0 aromatic carbocycles. The van der Waals surface area contributed by atoms with Gasteiger partial charge in [0.1, 0.15) is 6.04 Å². The fourth-order valence-electron chi connectivity index (χ4n) is 5.28. The average Bonchev–Trinajstić information content (AvgIpc) is 3.04. The van der Waals surface area contributed by atoms with Crippen molar-refractivity contribution in [1.29, 1.82) is 0 Å². The maximum atomic E-state index is 12.9. The van der Waals surface area contributed by atoms with Crippen molar-refractivity contribution >= 4 is 18.0 Å². The van der Waals surface area contributed by atoms with E-state index < -0.39 is 42.8 Å². The lowest BCUT2D eigenvalue weighted by molar-refractivity contribution is -0.157. The fraction of sp³-hybridized carbons (Fsp3) is 0.864. The van der Waals surface area contributed by atoms with Crippen LogP contribution < -0.4 is 0 Å². The highest BCUT2D eigenvalue weighted by Crippen LogP contribution is 2.29. The van der Waals surface area contributed by atoms with Crippen molar-refractivity contribution in [2.45, 2.75) is 77.2 Å². The van der Waals surface area contributed by atoms with Gasteiger partial charge in [-0.2, -0.15) is 13.2 Å². The summed E-state index contributed by atoms with van der Waals surface area (Å²) >= 11 is 0. The Morgan fingerprint density at radius 3 is 2.29 bits per heavy atom. The van der Waals surface area contributed by atoms with Gasteiger partial charge in [0.15, 0.2) is 0 Å². The molecule has 0 radical (unpaired) electrons. The van der Waals surface area contributed by atoms with E-state index in [0.29, 0.717) is 30.7 Å². The van der Waals surface area contributed by atoms with E-state index >= 15 is 0 Å². The standard InChI is InChI=1S/C20H30F3N5O4.C2H6/c1-14-11-24(13-20(21,22)23)7-9-26(14)19(31)32-28-17(29)16-12-25(8-10-27(16)18(28)30)15-5-3-2-4-6-15;1-2/h14-16H,2-13H2,1H3;1-2H3. The second-order valence-corrected chi connectivity index (χ2v) is 9.16. The van der Waals surface area contributed by atoms with Crippen LogP contribution in [0.3, 0.4) is 0 Å². The molecular weight excluding hydrogens is 455 g/mol. The summed E-state index contributed by atoms with van der Waals surface area (Å²) in [6, 6.07) is -1.46. The van der Waals surface area contributed by atoms with E-state index in [-0.39, 0.29) is 19.6 Å². The topological polar surface area (TPSA) is 76.6 Å². The van der Waals surface area contributed by atoms with E-state index in [1.165, 1.54) is 34.0 Å². The van der Waals surface area contributed by atoms with E-state index in [0.717, 1.165) is 12.8 Å². The largest absolute Gasteiger partial charge is 0.435 e. The number of hydrogen-bond donors (Lipinski definition) is 0. The Morgan fingerprint density at radius 2 is 1.68 bits per heavy atom. The third kappa shape index (κ3) is 5.94. The zero-order chi connectivity index (χ0) is 25.0. The average molecular weight is 492 g/mol. The molecule has 3 saturated heterocycles. The molecule has 4 aliphatic rings. The second-order valence-electron chi connectivity index (χ2n) is 9.16. The van der Waals surface area contributed by atoms with Crippen molar-refractivity contribution in [3.63, 3.8) is 0 Å². The first-order valence-corrected chi connectivity index (χ1v) is 12.3. The van der Waals surface area contributed by atoms with E-state index in [2.05, 4.69) is 4.90 Å². The molecule has 194 valence electrons. The van der Waals surface area contributed by atoms with Crippen molar-refractivity contribution in [1.82, 2.24) is 24.7 Å². The first kappa shape index (κ1) is 26.5. The Labute approximate surface area is 198 Å². The van der Waals surface area contributed by atoms with E-state index in [1.54, 1.807) is 6.92 Å². The number of carbonyl (C=O) groups excluding carboxylic acids is 3. The van der Waals surface area contributed by atoms with Crippen LogP contribution in [-0.4, -0.2) is 113 Å². The molecule has 3 heterocycles. The molecule has 12 heteroatoms. The Kier molecular flexibility index (Phi) is 8.66. The number of rotatable bonds is 3. The lowest BCUT2D eigenvalue weighted by Gasteiger charge is -2.41. The van der Waals surface area contributed by atoms with Gasteiger partial charge in [0.05, 0.1) is 6.54 Å². The van der Waals surface area contributed by atoms with Gasteiger partial charge in [0.2, 0.25) is 0 Å². The number of hydrogen-bond acceptors (Lipinski definition) is 6. The lowest BCUT2D eigenvalue weighted by atomic mass is 9.93. The minimum atomic E-state index is -4.31. The van der Waals surface area contributed by atoms with Gasteiger partial charge in [-0.15, -0.1) is 0 Å². The fourth-order valence-corrected chi connectivity index (χ4v) is 5.28. The molecule has 0 aromatic heterocycles. The number of hydroxylamine groups is 2. The maximum absolute atomic E-state index is 12.9. The smallest absolute Gasteiger partial charge is 0.309 e. The number of imide groups is 1. The Hall–Kier alpha value is -2.08. The molecule has 4 fully saturated rings. The molecule has 9 nitrogen and oxygen atoms in total. The molecule has 4 rings (SSSR count). The van der Waals surface area contributed by atoms with Crippen molar-refractivity contribution in [2.75, 3.05) is 45.8 Å². The first-order chi connectivity index (χ1) is 16.1. The minimum Gasteiger partial charge on any atom is -0.309 e. The van der Waals surface area contributed by atoms with E-state index in [9.17, 15) is 27.6 Å². The number of fused-ring (bicyclic) bond motifs is 1. The molecule has 2 atom stereocenters. The molecule has 0 N–H and O–H groups in total. The molecule has 1 aliphatic carbocycles. The van der Waals surface area contributed by atoms with Crippen molar-refractivity contribution in [2.24, 2.45) is 0 Å². The van der Waals surface area contributed by atoms with Gasteiger partial charge in [-0.05, 0) is 19.8 Å². The highest BCUT2D eigenvalue weighted by Gasteiger charge is 2.51. The first-order valence-electron chi connectivity index (χ1n) is 12.3. The number of alkyl halides is 3. The predicted octanol–water partition coefficient (Wildman–Crippen LogP) is 2.91. The van der Waals surface area contributed by atoms with Crippen LogP contribution in [-0.2, 0) is 9.63 Å². The summed E-state index contributed by atoms with van der Waals surface area (Å²) in [5, 5.41) is 0.534. The van der Waals surface area contributed by atoms with Gasteiger partial charge in [-0.3, -0.25) is 14.6 Å². The molecule has 3 aliphatic heterocycles. The number of carbonyl (C=O) groups is 3. The number of urea groups is 1. The molecule has 1 saturated carbocycles. The van der Waals surface area contributed by atoms with Gasteiger partial charge in [-0.25, -0.2) is 9.59 Å². The van der Waals surface area contributed by atoms with Gasteiger partial charge in [-0.1, -0.05) is 38.2 Å². The maximum Gasteiger partial charge on any atom is 0.435 e. The summed E-state index contributed by atoms with van der Waals surface area (Å²) in [4.78, 5) is 49.6. The van der Waals surface area contributed by atoms with Gasteiger partial charge >= 0.3 is 18.3 Å².